The Hall–Kier alpha value is -4.85. The number of nitrogens with zero attached hydrogens (tertiary/aromatic N) is 3. The van der Waals surface area contributed by atoms with Gasteiger partial charge in [-0.2, -0.15) is 0 Å². The zero-order chi connectivity index (χ0) is 29.4. The maximum absolute atomic E-state index is 13.6. The first-order chi connectivity index (χ1) is 19.6. The molecular formula is C27H25N5O8S. The first-order valence-corrected chi connectivity index (χ1v) is 13.5. The van der Waals surface area contributed by atoms with Gasteiger partial charge in [0.15, 0.2) is 0 Å². The van der Waals surface area contributed by atoms with Gasteiger partial charge in [-0.1, -0.05) is 42.5 Å². The number of carbonyl (C=O) groups excluding carboxylic acids is 4. The van der Waals surface area contributed by atoms with Gasteiger partial charge < -0.3 is 20.5 Å². The molecule has 3 N–H and O–H groups in total. The number of imidazole rings is 1. The van der Waals surface area contributed by atoms with Gasteiger partial charge >= 0.3 is 23.7 Å². The second kappa shape index (κ2) is 11.0. The Labute approximate surface area is 236 Å². The summed E-state index contributed by atoms with van der Waals surface area (Å²) >= 11 is 1.21. The molecule has 13 nitrogen and oxygen atoms in total. The van der Waals surface area contributed by atoms with Gasteiger partial charge in [-0.15, -0.1) is 11.8 Å². The number of benzene rings is 2. The van der Waals surface area contributed by atoms with E-state index in [4.69, 9.17) is 4.74 Å². The molecule has 2 aliphatic heterocycles. The van der Waals surface area contributed by atoms with Crippen LogP contribution in [-0.4, -0.2) is 72.7 Å². The van der Waals surface area contributed by atoms with Gasteiger partial charge in [-0.05, 0) is 17.7 Å². The van der Waals surface area contributed by atoms with Gasteiger partial charge in [0, 0.05) is 25.3 Å². The number of hydrogen-bond acceptors (Lipinski definition) is 8. The first kappa shape index (κ1) is 27.7. The number of ether oxygens (including phenoxy) is 1. The van der Waals surface area contributed by atoms with Crippen molar-refractivity contribution in [3.05, 3.63) is 81.9 Å². The van der Waals surface area contributed by atoms with E-state index in [1.54, 1.807) is 54.6 Å². The summed E-state index contributed by atoms with van der Waals surface area (Å²) in [5.41, 5.74) is 0.665. The fraction of sp³-hybridized carbons (Fsp3) is 0.259. The lowest BCUT2D eigenvalue weighted by Gasteiger charge is -2.49. The average molecular weight is 580 g/mol. The molecule has 5 rings (SSSR count). The number of β-lactam (4-membered cyclic amide) rings is 1. The molecular weight excluding hydrogens is 554 g/mol. The molecule has 0 saturated carbocycles. The van der Waals surface area contributed by atoms with E-state index in [0.29, 0.717) is 16.6 Å². The van der Waals surface area contributed by atoms with E-state index >= 15 is 0 Å². The van der Waals surface area contributed by atoms with Crippen molar-refractivity contribution in [3.8, 4) is 0 Å². The van der Waals surface area contributed by atoms with Gasteiger partial charge in [0.1, 0.15) is 29.8 Å². The molecule has 41 heavy (non-hydrogen) atoms. The SMILES string of the molecule is CC(=O)OCC1=C(C(=O)O)N2C(=O)C(NC(=O)C(NC(=O)n3c(=O)n(C)c4ccccc43)c3ccccc3)[C@H]2SC1. The predicted octanol–water partition coefficient (Wildman–Crippen LogP) is 0.941. The number of hydrogen-bond donors (Lipinski definition) is 3. The van der Waals surface area contributed by atoms with Gasteiger partial charge in [-0.3, -0.25) is 23.9 Å². The Morgan fingerprint density at radius 2 is 1.71 bits per heavy atom. The lowest BCUT2D eigenvalue weighted by atomic mass is 10.0. The van der Waals surface area contributed by atoms with Crippen LogP contribution >= 0.6 is 11.8 Å². The Bertz CT molecular complexity index is 1680. The number of amides is 3. The first-order valence-electron chi connectivity index (χ1n) is 12.5. The lowest BCUT2D eigenvalue weighted by molar-refractivity contribution is -0.151. The van der Waals surface area contributed by atoms with Crippen molar-refractivity contribution < 1.29 is 33.8 Å². The number of nitrogens with one attached hydrogen (secondary N) is 2. The molecule has 14 heteroatoms. The normalized spacial score (nSPS) is 18.8. The number of carboxylic acid groups (broad SMARTS) is 1. The maximum Gasteiger partial charge on any atom is 0.352 e. The van der Waals surface area contributed by atoms with Crippen molar-refractivity contribution in [2.24, 2.45) is 7.05 Å². The van der Waals surface area contributed by atoms with Gasteiger partial charge in [0.05, 0.1) is 11.0 Å². The number of carboxylic acids is 1. The van der Waals surface area contributed by atoms with Crippen LogP contribution in [0.25, 0.3) is 11.0 Å². The van der Waals surface area contributed by atoms with Gasteiger partial charge in [-0.25, -0.2) is 19.0 Å². The van der Waals surface area contributed by atoms with E-state index in [1.165, 1.54) is 30.3 Å². The Kier molecular flexibility index (Phi) is 7.41. The van der Waals surface area contributed by atoms with Crippen LogP contribution in [0.1, 0.15) is 18.5 Å². The fourth-order valence-corrected chi connectivity index (χ4v) is 6.17. The molecule has 2 aromatic carbocycles. The highest BCUT2D eigenvalue weighted by molar-refractivity contribution is 8.00. The topological polar surface area (TPSA) is 169 Å². The Balaban J connectivity index is 1.39. The Morgan fingerprint density at radius 1 is 1.05 bits per heavy atom. The number of aliphatic carboxylic acids is 1. The second-order valence-electron chi connectivity index (χ2n) is 9.39. The number of carbonyl (C=O) groups is 5. The van der Waals surface area contributed by atoms with E-state index < -0.39 is 52.9 Å². The van der Waals surface area contributed by atoms with Crippen LogP contribution in [0.5, 0.6) is 0 Å². The summed E-state index contributed by atoms with van der Waals surface area (Å²) in [5.74, 6) is -3.15. The standard InChI is InChI=1S/C27H25N5O8S/c1-14(33)40-12-16-13-41-24-20(23(35)32(24)21(16)25(36)37)28-22(34)19(15-8-4-3-5-9-15)29-26(38)31-18-11-7-6-10-17(18)30(2)27(31)39/h3-11,19-20,24H,12-13H2,1-2H3,(H,28,34)(H,29,38)(H,36,37)/t19?,20?,24-/m1/s1. The minimum absolute atomic E-state index is 0.165. The number of thioether (sulfide) groups is 1. The number of aromatic nitrogens is 2. The molecule has 1 saturated heterocycles. The van der Waals surface area contributed by atoms with E-state index in [-0.39, 0.29) is 23.6 Å². The molecule has 2 aliphatic rings. The minimum atomic E-state index is -1.36. The molecule has 0 radical (unpaired) electrons. The van der Waals surface area contributed by atoms with E-state index in [2.05, 4.69) is 10.6 Å². The lowest BCUT2D eigenvalue weighted by Crippen LogP contribution is -2.71. The molecule has 3 atom stereocenters. The summed E-state index contributed by atoms with van der Waals surface area (Å²) in [5, 5.41) is 14.3. The third kappa shape index (κ3) is 4.97. The number of fused-ring (bicyclic) bond motifs is 2. The summed E-state index contributed by atoms with van der Waals surface area (Å²) in [4.78, 5) is 77.2. The fourth-order valence-electron chi connectivity index (χ4n) is 4.84. The van der Waals surface area contributed by atoms with Crippen molar-refractivity contribution in [1.29, 1.82) is 0 Å². The quantitative estimate of drug-likeness (QED) is 0.272. The van der Waals surface area contributed by atoms with Crippen molar-refractivity contribution >= 4 is 52.6 Å². The average Bonchev–Trinajstić information content (AvgIpc) is 3.22. The van der Waals surface area contributed by atoms with Crippen LogP contribution in [-0.2, 0) is 31.0 Å². The highest BCUT2D eigenvalue weighted by atomic mass is 32.2. The van der Waals surface area contributed by atoms with E-state index in [9.17, 15) is 33.9 Å². The monoisotopic (exact) mass is 579 g/mol. The van der Waals surface area contributed by atoms with Crippen LogP contribution in [0, 0.1) is 0 Å². The van der Waals surface area contributed by atoms with Gasteiger partial charge in [0.25, 0.3) is 5.91 Å². The molecule has 3 aromatic rings. The van der Waals surface area contributed by atoms with Crippen LogP contribution in [0.2, 0.25) is 0 Å². The summed E-state index contributed by atoms with van der Waals surface area (Å²) in [6.45, 7) is 0.922. The molecule has 0 bridgehead atoms. The molecule has 0 aliphatic carbocycles. The van der Waals surface area contributed by atoms with Crippen molar-refractivity contribution in [3.63, 3.8) is 0 Å². The summed E-state index contributed by atoms with van der Waals surface area (Å²) in [6.07, 6.45) is 0. The third-order valence-corrected chi connectivity index (χ3v) is 8.17. The molecule has 2 unspecified atom stereocenters. The smallest absolute Gasteiger partial charge is 0.352 e. The molecule has 0 spiro atoms. The van der Waals surface area contributed by atoms with Crippen LogP contribution in [0.15, 0.2) is 70.7 Å². The van der Waals surface area contributed by atoms with Gasteiger partial charge in [0.2, 0.25) is 5.91 Å². The number of para-hydroxylation sites is 2. The van der Waals surface area contributed by atoms with Crippen LogP contribution < -0.4 is 16.3 Å². The largest absolute Gasteiger partial charge is 0.477 e. The minimum Gasteiger partial charge on any atom is -0.477 e. The molecule has 3 amide bonds. The molecule has 212 valence electrons. The van der Waals surface area contributed by atoms with E-state index in [1.807, 2.05) is 0 Å². The van der Waals surface area contributed by atoms with Crippen molar-refractivity contribution in [2.75, 3.05) is 12.4 Å². The van der Waals surface area contributed by atoms with E-state index in [0.717, 1.165) is 9.47 Å². The zero-order valence-electron chi connectivity index (χ0n) is 21.9. The molecule has 3 heterocycles. The Morgan fingerprint density at radius 3 is 2.37 bits per heavy atom. The third-order valence-electron chi connectivity index (χ3n) is 6.83. The second-order valence-corrected chi connectivity index (χ2v) is 10.5. The molecule has 1 aromatic heterocycles. The van der Waals surface area contributed by atoms with Crippen LogP contribution in [0.3, 0.4) is 0 Å². The highest BCUT2D eigenvalue weighted by Gasteiger charge is 2.54. The number of esters is 1. The highest BCUT2D eigenvalue weighted by Crippen LogP contribution is 2.40. The zero-order valence-corrected chi connectivity index (χ0v) is 22.7. The summed E-state index contributed by atoms with van der Waals surface area (Å²) in [7, 11) is 1.53. The van der Waals surface area contributed by atoms with Crippen LogP contribution in [0.4, 0.5) is 4.79 Å². The number of rotatable bonds is 7. The van der Waals surface area contributed by atoms with Crippen molar-refractivity contribution in [1.82, 2.24) is 24.7 Å². The van der Waals surface area contributed by atoms with Crippen molar-refractivity contribution in [2.45, 2.75) is 24.4 Å². The number of aryl methyl sites for hydroxylation is 1. The predicted molar refractivity (Wildman–Crippen MR) is 147 cm³/mol. The molecule has 1 fully saturated rings. The summed E-state index contributed by atoms with van der Waals surface area (Å²) in [6, 6.07) is 11.8. The maximum atomic E-state index is 13.6. The summed E-state index contributed by atoms with van der Waals surface area (Å²) < 4.78 is 7.19.